The van der Waals surface area contributed by atoms with Crippen LogP contribution in [0.15, 0.2) is 27.0 Å². The molecule has 120 valence electrons. The van der Waals surface area contributed by atoms with Crippen molar-refractivity contribution in [2.75, 3.05) is 11.1 Å². The van der Waals surface area contributed by atoms with Crippen LogP contribution in [0.25, 0.3) is 0 Å². The van der Waals surface area contributed by atoms with Crippen LogP contribution in [0.5, 0.6) is 0 Å². The van der Waals surface area contributed by atoms with Crippen molar-refractivity contribution in [2.24, 2.45) is 0 Å². The molecule has 0 aromatic carbocycles. The Bertz CT molecular complexity index is 734. The molecule has 0 spiro atoms. The number of nitrogens with zero attached hydrogens (tertiary/aromatic N) is 2. The first-order valence-electron chi connectivity index (χ1n) is 6.63. The third-order valence-corrected chi connectivity index (χ3v) is 5.04. The van der Waals surface area contributed by atoms with E-state index in [1.807, 2.05) is 13.0 Å². The summed E-state index contributed by atoms with van der Waals surface area (Å²) >= 11 is 2.67. The maximum atomic E-state index is 12.1. The minimum atomic E-state index is -0.744. The van der Waals surface area contributed by atoms with Crippen LogP contribution in [0.3, 0.4) is 0 Å². The molecule has 2 aromatic rings. The van der Waals surface area contributed by atoms with E-state index in [1.165, 1.54) is 35.4 Å². The Labute approximate surface area is 141 Å². The van der Waals surface area contributed by atoms with Crippen molar-refractivity contribution < 1.29 is 14.0 Å². The van der Waals surface area contributed by atoms with Crippen molar-refractivity contribution in [3.05, 3.63) is 29.9 Å². The molecule has 0 fully saturated rings. The van der Waals surface area contributed by atoms with Crippen molar-refractivity contribution in [1.82, 2.24) is 10.3 Å². The molecule has 2 heterocycles. The fraction of sp³-hybridized carbons (Fsp3) is 0.286. The van der Waals surface area contributed by atoms with Gasteiger partial charge in [-0.2, -0.15) is 5.26 Å². The average molecular weight is 350 g/mol. The number of nitrogens with one attached hydrogen (secondary N) is 2. The second-order valence-electron chi connectivity index (χ2n) is 4.50. The van der Waals surface area contributed by atoms with Gasteiger partial charge < -0.3 is 15.1 Å². The number of carbonyl (C=O) groups excluding carboxylic acids is 2. The second kappa shape index (κ2) is 7.80. The van der Waals surface area contributed by atoms with Crippen LogP contribution in [-0.4, -0.2) is 28.6 Å². The highest BCUT2D eigenvalue weighted by Crippen LogP contribution is 2.31. The molecule has 7 nitrogen and oxygen atoms in total. The van der Waals surface area contributed by atoms with Crippen molar-refractivity contribution in [3.63, 3.8) is 0 Å². The largest absolute Gasteiger partial charge is 0.459 e. The lowest BCUT2D eigenvalue weighted by Crippen LogP contribution is -2.41. The van der Waals surface area contributed by atoms with Gasteiger partial charge in [-0.3, -0.25) is 9.59 Å². The first-order valence-corrected chi connectivity index (χ1v) is 8.44. The minimum absolute atomic E-state index is 0.143. The van der Waals surface area contributed by atoms with Gasteiger partial charge >= 0.3 is 0 Å². The van der Waals surface area contributed by atoms with Crippen LogP contribution < -0.4 is 10.6 Å². The number of hydrogen-bond donors (Lipinski definition) is 2. The SMILES string of the molecule is Cc1nc(NC(=O)[C@@H](C)NC(=O)c2ccco2)sc1SCC#N. The molecule has 2 N–H and O–H groups in total. The van der Waals surface area contributed by atoms with E-state index in [0.717, 1.165) is 9.90 Å². The smallest absolute Gasteiger partial charge is 0.287 e. The van der Waals surface area contributed by atoms with Crippen molar-refractivity contribution in [1.29, 1.82) is 5.26 Å². The summed E-state index contributed by atoms with van der Waals surface area (Å²) in [4.78, 5) is 28.2. The fourth-order valence-electron chi connectivity index (χ4n) is 1.62. The number of hydrogen-bond acceptors (Lipinski definition) is 7. The second-order valence-corrected chi connectivity index (χ2v) is 6.74. The predicted molar refractivity (Wildman–Crippen MR) is 87.5 cm³/mol. The molecule has 0 aliphatic carbocycles. The topological polar surface area (TPSA) is 108 Å². The number of furan rings is 1. The Hall–Kier alpha value is -2.31. The van der Waals surface area contributed by atoms with Gasteiger partial charge in [-0.15, -0.1) is 0 Å². The Kier molecular flexibility index (Phi) is 5.78. The molecule has 23 heavy (non-hydrogen) atoms. The van der Waals surface area contributed by atoms with E-state index < -0.39 is 11.9 Å². The summed E-state index contributed by atoms with van der Waals surface area (Å²) in [6.45, 7) is 3.38. The van der Waals surface area contributed by atoms with Crippen LogP contribution in [0.4, 0.5) is 5.13 Å². The van der Waals surface area contributed by atoms with Gasteiger partial charge in [0.2, 0.25) is 5.91 Å². The molecule has 2 rings (SSSR count). The summed E-state index contributed by atoms with van der Waals surface area (Å²) in [6, 6.07) is 4.41. The third kappa shape index (κ3) is 4.58. The van der Waals surface area contributed by atoms with Crippen molar-refractivity contribution in [3.8, 4) is 6.07 Å². The monoisotopic (exact) mass is 350 g/mol. The number of rotatable bonds is 6. The molecule has 0 saturated heterocycles. The quantitative estimate of drug-likeness (QED) is 0.775. The summed E-state index contributed by atoms with van der Waals surface area (Å²) in [5, 5.41) is 14.2. The maximum absolute atomic E-state index is 12.1. The summed E-state index contributed by atoms with van der Waals surface area (Å²) < 4.78 is 5.85. The molecule has 2 aromatic heterocycles. The first kappa shape index (κ1) is 17.1. The zero-order valence-electron chi connectivity index (χ0n) is 12.5. The van der Waals surface area contributed by atoms with Crippen LogP contribution >= 0.6 is 23.1 Å². The fourth-order valence-corrected chi connectivity index (χ4v) is 3.42. The van der Waals surface area contributed by atoms with Gasteiger partial charge in [-0.05, 0) is 26.0 Å². The number of aromatic nitrogens is 1. The summed E-state index contributed by atoms with van der Waals surface area (Å²) in [7, 11) is 0. The molecule has 0 bridgehead atoms. The van der Waals surface area contributed by atoms with Crippen LogP contribution in [0.2, 0.25) is 0 Å². The molecule has 9 heteroatoms. The molecule has 0 aliphatic rings. The number of nitriles is 1. The van der Waals surface area contributed by atoms with Gasteiger partial charge in [0.1, 0.15) is 6.04 Å². The average Bonchev–Trinajstić information content (AvgIpc) is 3.15. The molecular formula is C14H14N4O3S2. The third-order valence-electron chi connectivity index (χ3n) is 2.74. The van der Waals surface area contributed by atoms with E-state index in [2.05, 4.69) is 15.6 Å². The van der Waals surface area contributed by atoms with Gasteiger partial charge in [0.25, 0.3) is 5.91 Å². The van der Waals surface area contributed by atoms with Crippen LogP contribution in [0, 0.1) is 18.3 Å². The van der Waals surface area contributed by atoms with E-state index in [-0.39, 0.29) is 11.7 Å². The summed E-state index contributed by atoms with van der Waals surface area (Å²) in [5.41, 5.74) is 0.762. The molecule has 0 unspecified atom stereocenters. The Balaban J connectivity index is 1.93. The Morgan fingerprint density at radius 2 is 2.35 bits per heavy atom. The van der Waals surface area contributed by atoms with Gasteiger partial charge in [0.15, 0.2) is 10.9 Å². The number of carbonyl (C=O) groups is 2. The van der Waals surface area contributed by atoms with E-state index in [4.69, 9.17) is 9.68 Å². The number of thiazole rings is 1. The molecule has 0 radical (unpaired) electrons. The molecule has 1 atom stereocenters. The Morgan fingerprint density at radius 3 is 3.00 bits per heavy atom. The zero-order chi connectivity index (χ0) is 16.8. The number of anilines is 1. The highest BCUT2D eigenvalue weighted by Gasteiger charge is 2.19. The summed E-state index contributed by atoms with van der Waals surface area (Å²) in [5.74, 6) is -0.370. The lowest BCUT2D eigenvalue weighted by atomic mass is 10.3. The lowest BCUT2D eigenvalue weighted by molar-refractivity contribution is -0.117. The maximum Gasteiger partial charge on any atom is 0.287 e. The van der Waals surface area contributed by atoms with Gasteiger partial charge in [-0.1, -0.05) is 23.1 Å². The van der Waals surface area contributed by atoms with Gasteiger partial charge in [-0.25, -0.2) is 4.98 Å². The van der Waals surface area contributed by atoms with E-state index in [0.29, 0.717) is 10.9 Å². The lowest BCUT2D eigenvalue weighted by Gasteiger charge is -2.11. The van der Waals surface area contributed by atoms with E-state index in [9.17, 15) is 9.59 Å². The zero-order valence-corrected chi connectivity index (χ0v) is 14.1. The van der Waals surface area contributed by atoms with Crippen molar-refractivity contribution >= 4 is 40.0 Å². The summed E-state index contributed by atoms with van der Waals surface area (Å²) in [6.07, 6.45) is 1.39. The molecule has 2 amide bonds. The van der Waals surface area contributed by atoms with E-state index >= 15 is 0 Å². The molecule has 0 saturated carbocycles. The molecular weight excluding hydrogens is 336 g/mol. The van der Waals surface area contributed by atoms with Gasteiger partial charge in [0, 0.05) is 0 Å². The normalized spacial score (nSPS) is 11.5. The number of aryl methyl sites for hydroxylation is 1. The van der Waals surface area contributed by atoms with E-state index in [1.54, 1.807) is 13.0 Å². The minimum Gasteiger partial charge on any atom is -0.459 e. The van der Waals surface area contributed by atoms with Crippen LogP contribution in [-0.2, 0) is 4.79 Å². The molecule has 0 aliphatic heterocycles. The van der Waals surface area contributed by atoms with Crippen LogP contribution in [0.1, 0.15) is 23.2 Å². The highest BCUT2D eigenvalue weighted by molar-refractivity contribution is 8.01. The van der Waals surface area contributed by atoms with Crippen molar-refractivity contribution in [2.45, 2.75) is 24.1 Å². The predicted octanol–water partition coefficient (Wildman–Crippen LogP) is 2.42. The first-order chi connectivity index (χ1) is 11.0. The highest BCUT2D eigenvalue weighted by atomic mass is 32.2. The Morgan fingerprint density at radius 1 is 1.57 bits per heavy atom. The number of amides is 2. The van der Waals surface area contributed by atoms with Gasteiger partial charge in [0.05, 0.1) is 28.0 Å². The standard InChI is InChI=1S/C14H14N4O3S2/c1-8(16-12(20)10-4-3-6-21-10)11(19)18-14-17-9(2)13(23-14)22-7-5-15/h3-4,6,8H,7H2,1-2H3,(H,16,20)(H,17,18,19)/t8-/m1/s1. The number of thioether (sulfide) groups is 1.